The molecular formula is C27H32O15. The fraction of sp³-hybridized carbons (Fsp3) is 0.481. The van der Waals surface area contributed by atoms with Gasteiger partial charge in [-0.15, -0.1) is 0 Å². The number of aromatic hydroxyl groups is 3. The van der Waals surface area contributed by atoms with Crippen molar-refractivity contribution in [2.75, 3.05) is 20.3 Å². The van der Waals surface area contributed by atoms with Crippen LogP contribution in [-0.4, -0.2) is 122 Å². The summed E-state index contributed by atoms with van der Waals surface area (Å²) in [5.41, 5.74) is 0.487. The molecule has 9 N–H and O–H groups in total. The van der Waals surface area contributed by atoms with Gasteiger partial charge in [-0.25, -0.2) is 0 Å². The molecule has 2 saturated heterocycles. The Kier molecular flexibility index (Phi) is 8.66. The van der Waals surface area contributed by atoms with Crippen molar-refractivity contribution in [1.29, 1.82) is 0 Å². The van der Waals surface area contributed by atoms with E-state index in [1.54, 1.807) is 0 Å². The highest BCUT2D eigenvalue weighted by molar-refractivity contribution is 5.69. The number of aliphatic hydroxyl groups excluding tert-OH is 6. The Hall–Kier alpha value is -3.38. The van der Waals surface area contributed by atoms with Crippen LogP contribution in [0.2, 0.25) is 0 Å². The molecule has 5 rings (SSSR count). The molecule has 1 unspecified atom stereocenters. The number of hydrogen-bond acceptors (Lipinski definition) is 15. The van der Waals surface area contributed by atoms with Crippen LogP contribution in [0.25, 0.3) is 6.08 Å². The molecule has 2 aromatic carbocycles. The maximum atomic E-state index is 10.9. The minimum atomic E-state index is -1.77. The molecule has 15 heteroatoms. The van der Waals surface area contributed by atoms with Gasteiger partial charge in [-0.2, -0.15) is 0 Å². The van der Waals surface area contributed by atoms with Gasteiger partial charge in [0.05, 0.1) is 25.9 Å². The molecule has 15 nitrogen and oxygen atoms in total. The van der Waals surface area contributed by atoms with Crippen LogP contribution in [0.4, 0.5) is 0 Å². The predicted molar refractivity (Wildman–Crippen MR) is 137 cm³/mol. The van der Waals surface area contributed by atoms with E-state index in [-0.39, 0.29) is 40.1 Å². The molecule has 42 heavy (non-hydrogen) atoms. The van der Waals surface area contributed by atoms with Crippen molar-refractivity contribution in [2.45, 2.75) is 61.4 Å². The first-order valence-corrected chi connectivity index (χ1v) is 12.9. The number of benzene rings is 2. The summed E-state index contributed by atoms with van der Waals surface area (Å²) >= 11 is 0. The number of aliphatic hydroxyl groups is 6. The molecular weight excluding hydrogens is 564 g/mol. The van der Waals surface area contributed by atoms with E-state index >= 15 is 0 Å². The summed E-state index contributed by atoms with van der Waals surface area (Å²) in [7, 11) is 1.34. The highest BCUT2D eigenvalue weighted by atomic mass is 16.8. The first-order valence-electron chi connectivity index (χ1n) is 12.9. The molecule has 3 aliphatic heterocycles. The predicted octanol–water partition coefficient (Wildman–Crippen LogP) is -1.43. The maximum Gasteiger partial charge on any atom is 0.229 e. The number of methoxy groups -OCH3 is 1. The molecule has 0 radical (unpaired) electrons. The number of ether oxygens (including phenoxy) is 6. The van der Waals surface area contributed by atoms with Crippen molar-refractivity contribution in [3.63, 3.8) is 0 Å². The van der Waals surface area contributed by atoms with Gasteiger partial charge in [-0.3, -0.25) is 0 Å². The molecule has 0 spiro atoms. The van der Waals surface area contributed by atoms with Gasteiger partial charge in [0.2, 0.25) is 6.29 Å². The number of hydrogen-bond donors (Lipinski definition) is 9. The molecule has 0 saturated carbocycles. The van der Waals surface area contributed by atoms with Gasteiger partial charge in [0.15, 0.2) is 30.0 Å². The normalized spacial score (nSPS) is 34.6. The standard InChI is InChI=1S/C27H32O15/c1-37-17-4-10(2-3-13(17)30)24-18(7-12-14(31)5-11(29)6-16(12)39-24)40-27-25(22(35)21(34)19(8-28)41-27)42-26-23(36)20(33)15(32)9-38-26/h2-7,15,19-36H,8-9H2,1H3/t15-,19+,20-,21+,22+,23-,24?,25+,26+,27-/m1/s1. The Morgan fingerprint density at radius 1 is 0.881 bits per heavy atom. The SMILES string of the molecule is COc1cc(C2Oc3cc(O)cc(O)c3C=C2O[C@@H]2O[C@@H](CO)[C@H](O)[C@H](O)[C@@H]2O[C@@H]2OC[C@@H](O)[C@@H](O)[C@H]2O)ccc1O. The molecule has 10 atom stereocenters. The van der Waals surface area contributed by atoms with Crippen molar-refractivity contribution in [1.82, 2.24) is 0 Å². The molecule has 0 bridgehead atoms. The molecule has 3 aliphatic rings. The lowest BCUT2D eigenvalue weighted by molar-refractivity contribution is -0.352. The third-order valence-electron chi connectivity index (χ3n) is 7.22. The van der Waals surface area contributed by atoms with Crippen LogP contribution in [0, 0.1) is 0 Å². The summed E-state index contributed by atoms with van der Waals surface area (Å²) in [6, 6.07) is 6.63. The van der Waals surface area contributed by atoms with Crippen molar-refractivity contribution in [3.05, 3.63) is 47.2 Å². The lowest BCUT2D eigenvalue weighted by Crippen LogP contribution is -2.63. The highest BCUT2D eigenvalue weighted by Crippen LogP contribution is 2.45. The first kappa shape index (κ1) is 30.1. The van der Waals surface area contributed by atoms with Gasteiger partial charge in [-0.05, 0) is 18.2 Å². The maximum absolute atomic E-state index is 10.9. The van der Waals surface area contributed by atoms with Crippen molar-refractivity contribution >= 4 is 6.08 Å². The Bertz CT molecular complexity index is 1300. The summed E-state index contributed by atoms with van der Waals surface area (Å²) in [6.07, 6.45) is -14.1. The van der Waals surface area contributed by atoms with Crippen molar-refractivity contribution in [2.24, 2.45) is 0 Å². The van der Waals surface area contributed by atoms with E-state index in [1.165, 1.54) is 37.5 Å². The summed E-state index contributed by atoms with van der Waals surface area (Å²) < 4.78 is 34.1. The van der Waals surface area contributed by atoms with E-state index in [2.05, 4.69) is 0 Å². The Morgan fingerprint density at radius 3 is 2.36 bits per heavy atom. The van der Waals surface area contributed by atoms with E-state index in [9.17, 15) is 46.0 Å². The quantitative estimate of drug-likeness (QED) is 0.178. The number of phenols is 3. The summed E-state index contributed by atoms with van der Waals surface area (Å²) in [5.74, 6) is -0.681. The van der Waals surface area contributed by atoms with Gasteiger partial charge >= 0.3 is 0 Å². The van der Waals surface area contributed by atoms with Crippen LogP contribution in [0.5, 0.6) is 28.7 Å². The average Bonchev–Trinajstić information content (AvgIpc) is 2.97. The fourth-order valence-corrected chi connectivity index (χ4v) is 4.91. The lowest BCUT2D eigenvalue weighted by Gasteiger charge is -2.45. The molecule has 2 aromatic rings. The first-order chi connectivity index (χ1) is 20.0. The Labute approximate surface area is 238 Å². The zero-order valence-corrected chi connectivity index (χ0v) is 22.1. The van der Waals surface area contributed by atoms with Crippen molar-refractivity contribution < 1.29 is 74.4 Å². The van der Waals surface area contributed by atoms with Gasteiger partial charge < -0.3 is 74.4 Å². The Balaban J connectivity index is 1.52. The van der Waals surface area contributed by atoms with Crippen LogP contribution < -0.4 is 9.47 Å². The summed E-state index contributed by atoms with van der Waals surface area (Å²) in [4.78, 5) is 0. The van der Waals surface area contributed by atoms with Gasteiger partial charge in [0, 0.05) is 17.7 Å². The second-order valence-corrected chi connectivity index (χ2v) is 10.0. The van der Waals surface area contributed by atoms with Gasteiger partial charge in [-0.1, -0.05) is 6.07 Å². The van der Waals surface area contributed by atoms with E-state index in [0.29, 0.717) is 5.56 Å². The van der Waals surface area contributed by atoms with E-state index in [4.69, 9.17) is 28.4 Å². The molecule has 230 valence electrons. The van der Waals surface area contributed by atoms with Crippen LogP contribution >= 0.6 is 0 Å². The average molecular weight is 597 g/mol. The van der Waals surface area contributed by atoms with E-state index in [0.717, 1.165) is 6.07 Å². The topological polar surface area (TPSA) is 237 Å². The van der Waals surface area contributed by atoms with E-state index in [1.807, 2.05) is 0 Å². The van der Waals surface area contributed by atoms with Crippen LogP contribution in [0.1, 0.15) is 17.2 Å². The molecule has 0 aromatic heterocycles. The van der Waals surface area contributed by atoms with Gasteiger partial charge in [0.1, 0.15) is 59.6 Å². The molecule has 2 fully saturated rings. The fourth-order valence-electron chi connectivity index (χ4n) is 4.91. The largest absolute Gasteiger partial charge is 0.508 e. The zero-order valence-electron chi connectivity index (χ0n) is 22.1. The highest BCUT2D eigenvalue weighted by Gasteiger charge is 2.50. The smallest absolute Gasteiger partial charge is 0.229 e. The third kappa shape index (κ3) is 5.66. The zero-order chi connectivity index (χ0) is 30.3. The second-order valence-electron chi connectivity index (χ2n) is 10.0. The number of phenolic OH excluding ortho intramolecular Hbond substituents is 3. The molecule has 3 heterocycles. The van der Waals surface area contributed by atoms with Crippen LogP contribution in [-0.2, 0) is 18.9 Å². The molecule has 0 aliphatic carbocycles. The molecule has 0 amide bonds. The Morgan fingerprint density at radius 2 is 1.64 bits per heavy atom. The third-order valence-corrected chi connectivity index (χ3v) is 7.22. The number of rotatable bonds is 7. The van der Waals surface area contributed by atoms with Crippen molar-refractivity contribution in [3.8, 4) is 28.7 Å². The summed E-state index contributed by atoms with van der Waals surface area (Å²) in [5, 5.41) is 92.1. The van der Waals surface area contributed by atoms with Crippen LogP contribution in [0.15, 0.2) is 36.1 Å². The second kappa shape index (κ2) is 12.1. The minimum Gasteiger partial charge on any atom is -0.508 e. The van der Waals surface area contributed by atoms with Gasteiger partial charge in [0.25, 0.3) is 0 Å². The monoisotopic (exact) mass is 596 g/mol. The minimum absolute atomic E-state index is 0.0457. The van der Waals surface area contributed by atoms with Crippen LogP contribution in [0.3, 0.4) is 0 Å². The lowest BCUT2D eigenvalue weighted by atomic mass is 9.98. The van der Waals surface area contributed by atoms with E-state index < -0.39 is 74.6 Å². The number of fused-ring (bicyclic) bond motifs is 1. The summed E-state index contributed by atoms with van der Waals surface area (Å²) in [6.45, 7) is -1.14.